The molecule has 1 unspecified atom stereocenters. The molecule has 0 bridgehead atoms. The van der Waals surface area contributed by atoms with E-state index in [4.69, 9.17) is 0 Å². The number of nitrogens with one attached hydrogen (secondary N) is 1. The number of phenols is 1. The monoisotopic (exact) mass is 270 g/mol. The predicted molar refractivity (Wildman–Crippen MR) is 83.0 cm³/mol. The van der Waals surface area contributed by atoms with Gasteiger partial charge in [0.15, 0.2) is 0 Å². The normalized spacial score (nSPS) is 19.0. The maximum atomic E-state index is 10.3. The largest absolute Gasteiger partial charge is 0.508 e. The number of rotatable bonds is 4. The van der Waals surface area contributed by atoms with Gasteiger partial charge in [-0.1, -0.05) is 37.3 Å². The minimum atomic E-state index is 0.410. The Morgan fingerprint density at radius 3 is 2.85 bits per heavy atom. The van der Waals surface area contributed by atoms with Crippen molar-refractivity contribution >= 4 is 10.8 Å². The van der Waals surface area contributed by atoms with E-state index in [2.05, 4.69) is 29.3 Å². The number of nitrogens with zero attached hydrogens (tertiary/aromatic N) is 1. The van der Waals surface area contributed by atoms with Gasteiger partial charge >= 0.3 is 0 Å². The van der Waals surface area contributed by atoms with E-state index in [1.165, 1.54) is 11.8 Å². The molecule has 0 aliphatic carbocycles. The number of hydrogen-bond donors (Lipinski definition) is 2. The summed E-state index contributed by atoms with van der Waals surface area (Å²) in [4.78, 5) is 2.46. The summed E-state index contributed by atoms with van der Waals surface area (Å²) < 4.78 is 0. The number of aromatic hydroxyl groups is 1. The Kier molecular flexibility index (Phi) is 3.90. The van der Waals surface area contributed by atoms with Gasteiger partial charge in [0, 0.05) is 24.7 Å². The highest BCUT2D eigenvalue weighted by atomic mass is 16.3. The van der Waals surface area contributed by atoms with Crippen molar-refractivity contribution in [2.45, 2.75) is 25.9 Å². The first kappa shape index (κ1) is 13.4. The van der Waals surface area contributed by atoms with Crippen molar-refractivity contribution in [1.82, 2.24) is 10.2 Å². The third kappa shape index (κ3) is 2.51. The number of benzene rings is 2. The van der Waals surface area contributed by atoms with Crippen molar-refractivity contribution in [3.63, 3.8) is 0 Å². The molecule has 2 aromatic rings. The molecule has 1 atom stereocenters. The van der Waals surface area contributed by atoms with Crippen molar-refractivity contribution in [2.24, 2.45) is 0 Å². The van der Waals surface area contributed by atoms with Gasteiger partial charge in [-0.15, -0.1) is 0 Å². The Morgan fingerprint density at radius 1 is 1.25 bits per heavy atom. The van der Waals surface area contributed by atoms with Gasteiger partial charge < -0.3 is 10.4 Å². The maximum absolute atomic E-state index is 10.3. The van der Waals surface area contributed by atoms with Gasteiger partial charge in [-0.05, 0) is 36.3 Å². The molecule has 1 saturated heterocycles. The van der Waals surface area contributed by atoms with Crippen LogP contribution < -0.4 is 5.32 Å². The molecule has 1 aliphatic rings. The molecule has 1 heterocycles. The summed E-state index contributed by atoms with van der Waals surface area (Å²) in [5.74, 6) is 0.410. The highest BCUT2D eigenvalue weighted by molar-refractivity contribution is 5.87. The minimum Gasteiger partial charge on any atom is -0.508 e. The van der Waals surface area contributed by atoms with Gasteiger partial charge in [-0.3, -0.25) is 4.90 Å². The van der Waals surface area contributed by atoms with Gasteiger partial charge in [0.2, 0.25) is 0 Å². The van der Waals surface area contributed by atoms with E-state index in [1.54, 1.807) is 0 Å². The Hall–Kier alpha value is -1.58. The first-order valence-electron chi connectivity index (χ1n) is 7.44. The molecule has 0 aromatic heterocycles. The highest BCUT2D eigenvalue weighted by Gasteiger charge is 2.22. The number of hydrogen-bond acceptors (Lipinski definition) is 3. The maximum Gasteiger partial charge on any atom is 0.120 e. The van der Waals surface area contributed by atoms with E-state index in [0.717, 1.165) is 37.1 Å². The molecular weight excluding hydrogens is 248 g/mol. The van der Waals surface area contributed by atoms with Gasteiger partial charge in [0.25, 0.3) is 0 Å². The Labute approximate surface area is 120 Å². The molecule has 106 valence electrons. The molecule has 0 saturated carbocycles. The van der Waals surface area contributed by atoms with Crippen LogP contribution in [0.4, 0.5) is 0 Å². The molecule has 20 heavy (non-hydrogen) atoms. The lowest BCUT2D eigenvalue weighted by Gasteiger charge is -2.27. The lowest BCUT2D eigenvalue weighted by atomic mass is 10.0. The summed E-state index contributed by atoms with van der Waals surface area (Å²) in [6.07, 6.45) is 1.19. The number of likely N-dealkylation sites (N-methyl/N-ethyl adjacent to an activating group) is 1. The molecule has 1 fully saturated rings. The zero-order valence-electron chi connectivity index (χ0n) is 12.0. The summed E-state index contributed by atoms with van der Waals surface area (Å²) in [6, 6.07) is 12.7. The van der Waals surface area contributed by atoms with Crippen LogP contribution in [0.1, 0.15) is 18.9 Å². The smallest absolute Gasteiger partial charge is 0.120 e. The second-order valence-corrected chi connectivity index (χ2v) is 5.49. The number of fused-ring (bicyclic) bond motifs is 1. The van der Waals surface area contributed by atoms with E-state index in [1.807, 2.05) is 24.3 Å². The third-order valence-corrected chi connectivity index (χ3v) is 4.33. The van der Waals surface area contributed by atoms with E-state index in [-0.39, 0.29) is 0 Å². The van der Waals surface area contributed by atoms with E-state index in [0.29, 0.717) is 11.8 Å². The third-order valence-electron chi connectivity index (χ3n) is 4.33. The quantitative estimate of drug-likeness (QED) is 0.896. The zero-order valence-corrected chi connectivity index (χ0v) is 12.0. The standard InChI is InChI=1S/C17H22N2O/c1-2-19(14-9-10-18-11-14)12-16-15-6-4-3-5-13(15)7-8-17(16)20/h3-8,14,18,20H,2,9-12H2,1H3. The van der Waals surface area contributed by atoms with Crippen LogP contribution in [-0.2, 0) is 6.54 Å². The summed E-state index contributed by atoms with van der Waals surface area (Å²) in [5.41, 5.74) is 1.05. The van der Waals surface area contributed by atoms with Gasteiger partial charge in [0.1, 0.15) is 5.75 Å². The van der Waals surface area contributed by atoms with Crippen molar-refractivity contribution in [2.75, 3.05) is 19.6 Å². The van der Waals surface area contributed by atoms with Gasteiger partial charge in [0.05, 0.1) is 0 Å². The Morgan fingerprint density at radius 2 is 2.10 bits per heavy atom. The summed E-state index contributed by atoms with van der Waals surface area (Å²) in [6.45, 7) is 6.17. The van der Waals surface area contributed by atoms with Crippen molar-refractivity contribution in [1.29, 1.82) is 0 Å². The van der Waals surface area contributed by atoms with E-state index in [9.17, 15) is 5.11 Å². The van der Waals surface area contributed by atoms with Crippen LogP contribution in [-0.4, -0.2) is 35.7 Å². The molecule has 3 heteroatoms. The summed E-state index contributed by atoms with van der Waals surface area (Å²) >= 11 is 0. The molecule has 3 rings (SSSR count). The fourth-order valence-electron chi connectivity index (χ4n) is 3.14. The fraction of sp³-hybridized carbons (Fsp3) is 0.412. The first-order valence-corrected chi connectivity index (χ1v) is 7.44. The van der Waals surface area contributed by atoms with Crippen molar-refractivity contribution in [3.05, 3.63) is 42.0 Å². The lowest BCUT2D eigenvalue weighted by Crippen LogP contribution is -2.36. The van der Waals surface area contributed by atoms with Crippen LogP contribution in [0.25, 0.3) is 10.8 Å². The first-order chi connectivity index (χ1) is 9.79. The second-order valence-electron chi connectivity index (χ2n) is 5.49. The van der Waals surface area contributed by atoms with E-state index < -0.39 is 0 Å². The Bertz CT molecular complexity index is 591. The minimum absolute atomic E-state index is 0.410. The second kappa shape index (κ2) is 5.81. The molecule has 0 radical (unpaired) electrons. The van der Waals surface area contributed by atoms with Crippen LogP contribution in [0.2, 0.25) is 0 Å². The highest BCUT2D eigenvalue weighted by Crippen LogP contribution is 2.29. The SMILES string of the molecule is CCN(Cc1c(O)ccc2ccccc12)C1CCNC1. The van der Waals surface area contributed by atoms with Crippen LogP contribution in [0.3, 0.4) is 0 Å². The van der Waals surface area contributed by atoms with Crippen molar-refractivity contribution in [3.8, 4) is 5.75 Å². The molecular formula is C17H22N2O. The topological polar surface area (TPSA) is 35.5 Å². The van der Waals surface area contributed by atoms with Crippen LogP contribution in [0.5, 0.6) is 5.75 Å². The molecule has 3 nitrogen and oxygen atoms in total. The summed E-state index contributed by atoms with van der Waals surface area (Å²) in [5, 5.41) is 16.0. The van der Waals surface area contributed by atoms with Crippen LogP contribution in [0.15, 0.2) is 36.4 Å². The molecule has 2 aromatic carbocycles. The molecule has 0 amide bonds. The van der Waals surface area contributed by atoms with Gasteiger partial charge in [-0.25, -0.2) is 0 Å². The zero-order chi connectivity index (χ0) is 13.9. The molecule has 2 N–H and O–H groups in total. The average molecular weight is 270 g/mol. The van der Waals surface area contributed by atoms with Gasteiger partial charge in [-0.2, -0.15) is 0 Å². The average Bonchev–Trinajstić information content (AvgIpc) is 3.00. The predicted octanol–water partition coefficient (Wildman–Crippen LogP) is 2.73. The van der Waals surface area contributed by atoms with Crippen LogP contribution in [0, 0.1) is 0 Å². The lowest BCUT2D eigenvalue weighted by molar-refractivity contribution is 0.209. The molecule has 1 aliphatic heterocycles. The van der Waals surface area contributed by atoms with Crippen molar-refractivity contribution < 1.29 is 5.11 Å². The fourth-order valence-corrected chi connectivity index (χ4v) is 3.14. The molecule has 0 spiro atoms. The Balaban J connectivity index is 1.94. The van der Waals surface area contributed by atoms with Crippen LogP contribution >= 0.6 is 0 Å². The summed E-state index contributed by atoms with van der Waals surface area (Å²) in [7, 11) is 0. The van der Waals surface area contributed by atoms with E-state index >= 15 is 0 Å². The number of phenolic OH excluding ortho intramolecular Hbond substituents is 1.